The van der Waals surface area contributed by atoms with E-state index in [1.165, 1.54) is 4.90 Å². The third-order valence-electron chi connectivity index (χ3n) is 5.09. The van der Waals surface area contributed by atoms with Crippen LogP contribution in [0, 0.1) is 13.8 Å². The van der Waals surface area contributed by atoms with Crippen molar-refractivity contribution < 1.29 is 14.3 Å². The molecule has 1 heterocycles. The molecule has 0 spiro atoms. The predicted molar refractivity (Wildman–Crippen MR) is 106 cm³/mol. The summed E-state index contributed by atoms with van der Waals surface area (Å²) < 4.78 is 5.37. The Morgan fingerprint density at radius 2 is 1.89 bits per heavy atom. The first-order valence-electron chi connectivity index (χ1n) is 9.57. The fraction of sp³-hybridized carbons (Fsp3) is 0.524. The topological polar surface area (TPSA) is 61.9 Å². The number of esters is 1. The number of benzene rings is 1. The molecule has 1 aliphatic rings. The first-order valence-corrected chi connectivity index (χ1v) is 9.57. The van der Waals surface area contributed by atoms with Gasteiger partial charge in [0, 0.05) is 19.3 Å². The zero-order valence-electron chi connectivity index (χ0n) is 17.3. The zero-order chi connectivity index (χ0) is 20.1. The summed E-state index contributed by atoms with van der Waals surface area (Å²) >= 11 is 0. The second kappa shape index (κ2) is 9.04. The molecule has 1 aliphatic heterocycles. The number of aryl methyl sites for hydroxylation is 2. The van der Waals surface area contributed by atoms with Gasteiger partial charge in [0.15, 0.2) is 0 Å². The van der Waals surface area contributed by atoms with Crippen molar-refractivity contribution in [3.05, 3.63) is 46.2 Å². The third kappa shape index (κ3) is 4.50. The van der Waals surface area contributed by atoms with Gasteiger partial charge in [0.1, 0.15) is 0 Å². The lowest BCUT2D eigenvalue weighted by atomic mass is 9.90. The molecule has 1 N–H and O–H groups in total. The van der Waals surface area contributed by atoms with Crippen LogP contribution in [0.3, 0.4) is 0 Å². The number of rotatable bonds is 7. The minimum atomic E-state index is -0.516. The molecule has 1 aromatic carbocycles. The highest BCUT2D eigenvalue weighted by atomic mass is 16.5. The molecule has 1 aromatic rings. The monoisotopic (exact) mass is 373 g/mol. The summed E-state index contributed by atoms with van der Waals surface area (Å²) in [4.78, 5) is 29.3. The molecule has 0 bridgehead atoms. The van der Waals surface area contributed by atoms with Gasteiger partial charge in [-0.05, 0) is 45.0 Å². The molecular formula is C21H31N3O3. The highest BCUT2D eigenvalue weighted by molar-refractivity contribution is 5.95. The second-order valence-corrected chi connectivity index (χ2v) is 6.84. The Bertz CT molecular complexity index is 738. The average molecular weight is 373 g/mol. The van der Waals surface area contributed by atoms with E-state index in [0.29, 0.717) is 17.8 Å². The Kier molecular flexibility index (Phi) is 7.02. The molecule has 6 heteroatoms. The fourth-order valence-electron chi connectivity index (χ4n) is 3.36. The number of likely N-dealkylation sites (N-methyl/N-ethyl adjacent to an activating group) is 2. The molecule has 2 amide bonds. The van der Waals surface area contributed by atoms with Crippen molar-refractivity contribution in [1.82, 2.24) is 15.1 Å². The quantitative estimate of drug-likeness (QED) is 0.746. The highest BCUT2D eigenvalue weighted by Crippen LogP contribution is 2.33. The number of nitrogens with zero attached hydrogens (tertiary/aromatic N) is 2. The van der Waals surface area contributed by atoms with E-state index in [9.17, 15) is 9.59 Å². The fourth-order valence-corrected chi connectivity index (χ4v) is 3.36. The van der Waals surface area contributed by atoms with Crippen molar-refractivity contribution in [3.63, 3.8) is 0 Å². The Labute approximate surface area is 162 Å². The SMILES string of the molecule is CCOC(=O)C1=C(CN(CC)CC)N(C)C(=O)N[C@H]1c1cc(C)ccc1C. The lowest BCUT2D eigenvalue weighted by Crippen LogP contribution is -2.49. The maximum Gasteiger partial charge on any atom is 0.338 e. The van der Waals surface area contributed by atoms with Crippen molar-refractivity contribution in [3.8, 4) is 0 Å². The van der Waals surface area contributed by atoms with E-state index < -0.39 is 6.04 Å². The molecule has 0 aromatic heterocycles. The molecule has 0 fully saturated rings. The van der Waals surface area contributed by atoms with Crippen LogP contribution in [0.25, 0.3) is 0 Å². The maximum absolute atomic E-state index is 12.9. The Morgan fingerprint density at radius 1 is 1.22 bits per heavy atom. The van der Waals surface area contributed by atoms with Crippen LogP contribution in [-0.2, 0) is 9.53 Å². The summed E-state index contributed by atoms with van der Waals surface area (Å²) in [5, 5.41) is 2.99. The van der Waals surface area contributed by atoms with Gasteiger partial charge in [0.2, 0.25) is 0 Å². The summed E-state index contributed by atoms with van der Waals surface area (Å²) in [6, 6.07) is 5.34. The van der Waals surface area contributed by atoms with Crippen LogP contribution in [0.1, 0.15) is 43.5 Å². The van der Waals surface area contributed by atoms with Gasteiger partial charge in [0.05, 0.1) is 18.2 Å². The van der Waals surface area contributed by atoms with Gasteiger partial charge in [0.25, 0.3) is 0 Å². The lowest BCUT2D eigenvalue weighted by Gasteiger charge is -2.37. The minimum Gasteiger partial charge on any atom is -0.463 e. The minimum absolute atomic E-state index is 0.212. The van der Waals surface area contributed by atoms with E-state index in [1.807, 2.05) is 32.0 Å². The maximum atomic E-state index is 12.9. The second-order valence-electron chi connectivity index (χ2n) is 6.84. The van der Waals surface area contributed by atoms with E-state index in [1.54, 1.807) is 14.0 Å². The third-order valence-corrected chi connectivity index (χ3v) is 5.09. The number of nitrogens with one attached hydrogen (secondary N) is 1. The van der Waals surface area contributed by atoms with E-state index >= 15 is 0 Å². The molecule has 0 unspecified atom stereocenters. The van der Waals surface area contributed by atoms with Crippen LogP contribution < -0.4 is 5.32 Å². The van der Waals surface area contributed by atoms with Gasteiger partial charge in [-0.3, -0.25) is 9.80 Å². The van der Waals surface area contributed by atoms with E-state index in [0.717, 1.165) is 29.8 Å². The van der Waals surface area contributed by atoms with Gasteiger partial charge in [-0.25, -0.2) is 9.59 Å². The molecule has 2 rings (SSSR count). The number of carbonyl (C=O) groups excluding carboxylic acids is 2. The van der Waals surface area contributed by atoms with Crippen LogP contribution in [0.5, 0.6) is 0 Å². The van der Waals surface area contributed by atoms with Crippen molar-refractivity contribution in [2.75, 3.05) is 33.3 Å². The number of carbonyl (C=O) groups is 2. The average Bonchev–Trinajstić information content (AvgIpc) is 2.64. The standard InChI is InChI=1S/C21H31N3O3/c1-7-24(8-2)13-17-18(20(25)27-9-3)19(22-21(26)23(17)6)16-12-14(4)10-11-15(16)5/h10-12,19H,7-9,13H2,1-6H3,(H,22,26)/t19-/m0/s1. The molecule has 6 nitrogen and oxygen atoms in total. The van der Waals surface area contributed by atoms with E-state index in [2.05, 4.69) is 24.1 Å². The largest absolute Gasteiger partial charge is 0.463 e. The van der Waals surface area contributed by atoms with Crippen molar-refractivity contribution in [1.29, 1.82) is 0 Å². The summed E-state index contributed by atoms with van der Waals surface area (Å²) in [6.45, 7) is 12.4. The summed E-state index contributed by atoms with van der Waals surface area (Å²) in [7, 11) is 1.70. The number of hydrogen-bond acceptors (Lipinski definition) is 4. The Morgan fingerprint density at radius 3 is 2.48 bits per heavy atom. The van der Waals surface area contributed by atoms with Crippen LogP contribution in [0.15, 0.2) is 29.5 Å². The molecule has 0 saturated carbocycles. The van der Waals surface area contributed by atoms with Crippen LogP contribution in [0.4, 0.5) is 4.79 Å². The van der Waals surface area contributed by atoms with Gasteiger partial charge < -0.3 is 10.1 Å². The van der Waals surface area contributed by atoms with Crippen molar-refractivity contribution >= 4 is 12.0 Å². The molecule has 0 radical (unpaired) electrons. The number of hydrogen-bond donors (Lipinski definition) is 1. The number of urea groups is 1. The van der Waals surface area contributed by atoms with Gasteiger partial charge >= 0.3 is 12.0 Å². The van der Waals surface area contributed by atoms with Gasteiger partial charge in [-0.1, -0.05) is 37.6 Å². The smallest absolute Gasteiger partial charge is 0.338 e. The first-order chi connectivity index (χ1) is 12.8. The summed E-state index contributed by atoms with van der Waals surface area (Å²) in [6.07, 6.45) is 0. The summed E-state index contributed by atoms with van der Waals surface area (Å²) in [5.74, 6) is -0.377. The van der Waals surface area contributed by atoms with Gasteiger partial charge in [-0.15, -0.1) is 0 Å². The van der Waals surface area contributed by atoms with Crippen molar-refractivity contribution in [2.45, 2.75) is 40.7 Å². The molecule has 148 valence electrons. The molecule has 1 atom stereocenters. The normalized spacial score (nSPS) is 17.4. The number of ether oxygens (including phenoxy) is 1. The molecular weight excluding hydrogens is 342 g/mol. The predicted octanol–water partition coefficient (Wildman–Crippen LogP) is 3.16. The van der Waals surface area contributed by atoms with E-state index in [4.69, 9.17) is 4.74 Å². The zero-order valence-corrected chi connectivity index (χ0v) is 17.3. The van der Waals surface area contributed by atoms with Crippen LogP contribution in [-0.4, -0.2) is 55.1 Å². The number of amides is 2. The van der Waals surface area contributed by atoms with Gasteiger partial charge in [-0.2, -0.15) is 0 Å². The Hall–Kier alpha value is -2.34. The molecule has 0 saturated heterocycles. The molecule has 0 aliphatic carbocycles. The Balaban J connectivity index is 2.65. The van der Waals surface area contributed by atoms with E-state index in [-0.39, 0.29) is 18.6 Å². The lowest BCUT2D eigenvalue weighted by molar-refractivity contribution is -0.139. The van der Waals surface area contributed by atoms with Crippen LogP contribution >= 0.6 is 0 Å². The van der Waals surface area contributed by atoms with Crippen molar-refractivity contribution in [2.24, 2.45) is 0 Å². The molecule has 27 heavy (non-hydrogen) atoms. The van der Waals surface area contributed by atoms with Crippen LogP contribution in [0.2, 0.25) is 0 Å². The summed E-state index contributed by atoms with van der Waals surface area (Å²) in [5.41, 5.74) is 4.25. The first kappa shape index (κ1) is 21.0. The highest BCUT2D eigenvalue weighted by Gasteiger charge is 2.37.